The maximum absolute atomic E-state index is 12.1. The molecule has 0 saturated carbocycles. The van der Waals surface area contributed by atoms with Crippen molar-refractivity contribution in [2.24, 2.45) is 0 Å². The molecule has 0 radical (unpaired) electrons. The monoisotopic (exact) mass is 498 g/mol. The van der Waals surface area contributed by atoms with Gasteiger partial charge in [-0.1, -0.05) is 72.3 Å². The van der Waals surface area contributed by atoms with Gasteiger partial charge in [0.15, 0.2) is 0 Å². The molecule has 2 aromatic carbocycles. The van der Waals surface area contributed by atoms with Crippen LogP contribution in [0.4, 0.5) is 17.3 Å². The molecule has 0 atom stereocenters. The first-order valence-corrected chi connectivity index (χ1v) is 13.2. The van der Waals surface area contributed by atoms with E-state index in [2.05, 4.69) is 74.8 Å². The Bertz CT molecular complexity index is 1170. The second-order valence-corrected chi connectivity index (χ2v) is 9.68. The third-order valence-electron chi connectivity index (χ3n) is 7.32. The summed E-state index contributed by atoms with van der Waals surface area (Å²) in [5.41, 5.74) is 3.89. The lowest BCUT2D eigenvalue weighted by Crippen LogP contribution is -2.48. The molecule has 1 N–H and O–H groups in total. The molecular formula is C29H34N6O2. The Morgan fingerprint density at radius 3 is 2.19 bits per heavy atom. The number of anilines is 2. The molecule has 192 valence electrons. The van der Waals surface area contributed by atoms with Crippen LogP contribution in [0.1, 0.15) is 49.3 Å². The van der Waals surface area contributed by atoms with Crippen LogP contribution < -0.4 is 10.2 Å². The number of nitrogens with one attached hydrogen (secondary N) is 1. The molecule has 37 heavy (non-hydrogen) atoms. The summed E-state index contributed by atoms with van der Waals surface area (Å²) in [6, 6.07) is 21.2. The predicted molar refractivity (Wildman–Crippen MR) is 147 cm³/mol. The second-order valence-electron chi connectivity index (χ2n) is 9.68. The number of piperazine rings is 1. The number of nitrogens with zero attached hydrogens (tertiary/aromatic N) is 5. The van der Waals surface area contributed by atoms with E-state index in [0.717, 1.165) is 32.4 Å². The van der Waals surface area contributed by atoms with E-state index >= 15 is 0 Å². The fraction of sp³-hybridized carbons (Fsp3) is 0.379. The van der Waals surface area contributed by atoms with Crippen molar-refractivity contribution >= 4 is 17.3 Å². The van der Waals surface area contributed by atoms with Crippen molar-refractivity contribution in [2.45, 2.75) is 38.1 Å². The summed E-state index contributed by atoms with van der Waals surface area (Å²) < 4.78 is 0. The minimum Gasteiger partial charge on any atom is -0.364 e. The van der Waals surface area contributed by atoms with Crippen LogP contribution in [0.25, 0.3) is 0 Å². The van der Waals surface area contributed by atoms with Gasteiger partial charge < -0.3 is 10.2 Å². The van der Waals surface area contributed by atoms with Crippen molar-refractivity contribution in [3.8, 4) is 0 Å². The Morgan fingerprint density at radius 1 is 0.919 bits per heavy atom. The van der Waals surface area contributed by atoms with Crippen LogP contribution in [-0.4, -0.2) is 52.5 Å². The minimum absolute atomic E-state index is 0.0313. The summed E-state index contributed by atoms with van der Waals surface area (Å²) in [4.78, 5) is 24.9. The van der Waals surface area contributed by atoms with Gasteiger partial charge in [0.25, 0.3) is 0 Å². The second kappa shape index (κ2) is 12.0. The van der Waals surface area contributed by atoms with E-state index < -0.39 is 0 Å². The lowest BCUT2D eigenvalue weighted by Gasteiger charge is -2.40. The highest BCUT2D eigenvalue weighted by Crippen LogP contribution is 2.35. The number of hydrogen-bond donors (Lipinski definition) is 1. The molecule has 0 bridgehead atoms. The molecule has 2 aliphatic rings. The van der Waals surface area contributed by atoms with Crippen LogP contribution >= 0.6 is 0 Å². The summed E-state index contributed by atoms with van der Waals surface area (Å²) in [7, 11) is 0. The highest BCUT2D eigenvalue weighted by Gasteiger charge is 2.32. The van der Waals surface area contributed by atoms with Crippen molar-refractivity contribution in [3.63, 3.8) is 0 Å². The van der Waals surface area contributed by atoms with Gasteiger partial charge in [-0.2, -0.15) is 0 Å². The van der Waals surface area contributed by atoms with Gasteiger partial charge in [0.2, 0.25) is 11.6 Å². The number of hydrogen-bond acceptors (Lipinski definition) is 7. The molecule has 1 aliphatic heterocycles. The summed E-state index contributed by atoms with van der Waals surface area (Å²) >= 11 is 0. The zero-order valence-corrected chi connectivity index (χ0v) is 21.1. The number of nitro groups is 1. The van der Waals surface area contributed by atoms with E-state index in [-0.39, 0.29) is 16.7 Å². The largest absolute Gasteiger partial charge is 0.364 e. The van der Waals surface area contributed by atoms with Crippen molar-refractivity contribution in [3.05, 3.63) is 99.9 Å². The van der Waals surface area contributed by atoms with Gasteiger partial charge in [-0.05, 0) is 43.2 Å². The zero-order valence-electron chi connectivity index (χ0n) is 21.1. The lowest BCUT2D eigenvalue weighted by atomic mass is 9.96. The number of benzene rings is 2. The van der Waals surface area contributed by atoms with Gasteiger partial charge in [-0.25, -0.2) is 9.97 Å². The average molecular weight is 499 g/mol. The van der Waals surface area contributed by atoms with Crippen LogP contribution in [0.5, 0.6) is 0 Å². The zero-order chi connectivity index (χ0) is 25.5. The SMILES string of the molecule is O=[N+]([O-])c1c(NCCC2=CCCCC2)ncnc1N1CCN(C(c2ccccc2)c2ccccc2)CC1. The van der Waals surface area contributed by atoms with E-state index in [9.17, 15) is 10.1 Å². The number of aromatic nitrogens is 2. The van der Waals surface area contributed by atoms with Crippen LogP contribution in [0, 0.1) is 10.1 Å². The quantitative estimate of drug-likeness (QED) is 0.233. The van der Waals surface area contributed by atoms with E-state index in [1.165, 1.54) is 35.9 Å². The van der Waals surface area contributed by atoms with Crippen molar-refractivity contribution in [1.29, 1.82) is 0 Å². The van der Waals surface area contributed by atoms with Crippen molar-refractivity contribution in [2.75, 3.05) is 42.9 Å². The van der Waals surface area contributed by atoms with Gasteiger partial charge in [0.1, 0.15) is 6.33 Å². The Labute approximate surface area is 218 Å². The van der Waals surface area contributed by atoms with E-state index in [1.807, 2.05) is 17.0 Å². The smallest absolute Gasteiger partial charge is 0.353 e. The fourth-order valence-electron chi connectivity index (χ4n) is 5.45. The minimum atomic E-state index is -0.347. The molecule has 8 nitrogen and oxygen atoms in total. The molecule has 0 spiro atoms. The topological polar surface area (TPSA) is 87.4 Å². The third-order valence-corrected chi connectivity index (χ3v) is 7.32. The fourth-order valence-corrected chi connectivity index (χ4v) is 5.45. The van der Waals surface area contributed by atoms with Crippen molar-refractivity contribution < 1.29 is 4.92 Å². The van der Waals surface area contributed by atoms with Crippen molar-refractivity contribution in [1.82, 2.24) is 14.9 Å². The molecular weight excluding hydrogens is 464 g/mol. The lowest BCUT2D eigenvalue weighted by molar-refractivity contribution is -0.383. The number of allylic oxidation sites excluding steroid dienone is 1. The Balaban J connectivity index is 1.30. The molecule has 1 fully saturated rings. The molecule has 1 aliphatic carbocycles. The molecule has 2 heterocycles. The predicted octanol–water partition coefficient (Wildman–Crippen LogP) is 5.60. The summed E-state index contributed by atoms with van der Waals surface area (Å²) in [5.74, 6) is 0.704. The Morgan fingerprint density at radius 2 is 1.59 bits per heavy atom. The first kappa shape index (κ1) is 24.9. The van der Waals surface area contributed by atoms with Gasteiger partial charge >= 0.3 is 5.69 Å². The standard InChI is InChI=1S/C29H34N6O2/c36-35(37)27-28(30-17-16-23-10-4-1-5-11-23)31-22-32-29(27)34-20-18-33(19-21-34)26(24-12-6-2-7-13-24)25-14-8-3-9-15-25/h2-3,6-10,12-15,22,26H,1,4-5,11,16-21H2,(H,30,31,32). The van der Waals surface area contributed by atoms with Gasteiger partial charge in [-0.3, -0.25) is 15.0 Å². The van der Waals surface area contributed by atoms with Crippen LogP contribution in [-0.2, 0) is 0 Å². The summed E-state index contributed by atoms with van der Waals surface area (Å²) in [6.07, 6.45) is 9.36. The van der Waals surface area contributed by atoms with E-state index in [1.54, 1.807) is 0 Å². The number of rotatable bonds is 9. The Kier molecular flexibility index (Phi) is 8.05. The first-order valence-electron chi connectivity index (χ1n) is 13.2. The molecule has 1 saturated heterocycles. The maximum atomic E-state index is 12.1. The average Bonchev–Trinajstić information content (AvgIpc) is 2.95. The first-order chi connectivity index (χ1) is 18.2. The molecule has 0 amide bonds. The third kappa shape index (κ3) is 5.97. The summed E-state index contributed by atoms with van der Waals surface area (Å²) in [6.45, 7) is 3.48. The normalized spacial score (nSPS) is 16.5. The Hall–Kier alpha value is -3.78. The maximum Gasteiger partial charge on any atom is 0.353 e. The van der Waals surface area contributed by atoms with Gasteiger partial charge in [0, 0.05) is 32.7 Å². The highest BCUT2D eigenvalue weighted by molar-refractivity contribution is 5.70. The molecule has 3 aromatic rings. The highest BCUT2D eigenvalue weighted by atomic mass is 16.6. The van der Waals surface area contributed by atoms with Crippen LogP contribution in [0.15, 0.2) is 78.6 Å². The molecule has 1 aromatic heterocycles. The van der Waals surface area contributed by atoms with Crippen LogP contribution in [0.2, 0.25) is 0 Å². The van der Waals surface area contributed by atoms with Gasteiger partial charge in [0.05, 0.1) is 11.0 Å². The summed E-state index contributed by atoms with van der Waals surface area (Å²) in [5, 5.41) is 15.4. The molecule has 0 unspecified atom stereocenters. The molecule has 8 heteroatoms. The van der Waals surface area contributed by atoms with E-state index in [4.69, 9.17) is 0 Å². The molecule has 5 rings (SSSR count). The van der Waals surface area contributed by atoms with Gasteiger partial charge in [-0.15, -0.1) is 0 Å². The van der Waals surface area contributed by atoms with Crippen LogP contribution in [0.3, 0.4) is 0 Å². The van der Waals surface area contributed by atoms with E-state index in [0.29, 0.717) is 31.3 Å².